The van der Waals surface area contributed by atoms with Gasteiger partial charge in [-0.05, 0) is 25.7 Å². The Morgan fingerprint density at radius 3 is 2.45 bits per heavy atom. The van der Waals surface area contributed by atoms with Crippen molar-refractivity contribution >= 4 is 10.0 Å². The minimum Gasteiger partial charge on any atom is -0.392 e. The van der Waals surface area contributed by atoms with Gasteiger partial charge in [0.05, 0.1) is 18.0 Å². The van der Waals surface area contributed by atoms with E-state index in [1.807, 2.05) is 0 Å². The molecule has 1 N–H and O–H groups in total. The SMILES string of the molecule is Cc1c(S(=O)(=O)N2CCN(CC(O)C3CC3)CC2)cnn1C. The maximum absolute atomic E-state index is 12.7. The molecule has 2 heterocycles. The zero-order valence-electron chi connectivity index (χ0n) is 13.1. The fourth-order valence-corrected chi connectivity index (χ4v) is 4.53. The van der Waals surface area contributed by atoms with Gasteiger partial charge in [-0.15, -0.1) is 0 Å². The van der Waals surface area contributed by atoms with Crippen molar-refractivity contribution in [2.75, 3.05) is 32.7 Å². The number of sulfonamides is 1. The molecule has 2 fully saturated rings. The fraction of sp³-hybridized carbons (Fsp3) is 0.786. The highest BCUT2D eigenvalue weighted by molar-refractivity contribution is 7.89. The van der Waals surface area contributed by atoms with E-state index in [1.165, 1.54) is 10.5 Å². The molecule has 0 amide bonds. The van der Waals surface area contributed by atoms with Gasteiger partial charge in [-0.2, -0.15) is 9.40 Å². The van der Waals surface area contributed by atoms with Gasteiger partial charge in [0, 0.05) is 39.8 Å². The second-order valence-corrected chi connectivity index (χ2v) is 8.23. The highest BCUT2D eigenvalue weighted by Gasteiger charge is 2.34. The molecule has 1 aliphatic carbocycles. The predicted molar refractivity (Wildman–Crippen MR) is 81.9 cm³/mol. The molecule has 1 aromatic heterocycles. The van der Waals surface area contributed by atoms with E-state index in [0.717, 1.165) is 12.8 Å². The number of aliphatic hydroxyl groups is 1. The summed E-state index contributed by atoms with van der Waals surface area (Å²) >= 11 is 0. The van der Waals surface area contributed by atoms with E-state index in [0.29, 0.717) is 49.2 Å². The summed E-state index contributed by atoms with van der Waals surface area (Å²) < 4.78 is 28.4. The third kappa shape index (κ3) is 3.05. The van der Waals surface area contributed by atoms with Gasteiger partial charge in [0.15, 0.2) is 0 Å². The van der Waals surface area contributed by atoms with Crippen molar-refractivity contribution < 1.29 is 13.5 Å². The minimum atomic E-state index is -3.47. The molecule has 0 spiro atoms. The molecule has 0 bridgehead atoms. The minimum absolute atomic E-state index is 0.260. The van der Waals surface area contributed by atoms with Crippen LogP contribution in [-0.4, -0.2) is 71.3 Å². The summed E-state index contributed by atoms with van der Waals surface area (Å²) in [5.74, 6) is 0.458. The first kappa shape index (κ1) is 15.9. The van der Waals surface area contributed by atoms with Gasteiger partial charge in [0.2, 0.25) is 10.0 Å². The van der Waals surface area contributed by atoms with Crippen LogP contribution in [0.1, 0.15) is 18.5 Å². The van der Waals surface area contributed by atoms with E-state index in [2.05, 4.69) is 10.00 Å². The van der Waals surface area contributed by atoms with Gasteiger partial charge in [-0.1, -0.05) is 0 Å². The molecule has 1 atom stereocenters. The zero-order chi connectivity index (χ0) is 15.9. The number of rotatable bonds is 5. The van der Waals surface area contributed by atoms with Crippen molar-refractivity contribution in [3.63, 3.8) is 0 Å². The summed E-state index contributed by atoms with van der Waals surface area (Å²) in [6.45, 7) is 4.69. The van der Waals surface area contributed by atoms with E-state index >= 15 is 0 Å². The van der Waals surface area contributed by atoms with Crippen LogP contribution in [0.5, 0.6) is 0 Å². The van der Waals surface area contributed by atoms with Crippen LogP contribution in [0, 0.1) is 12.8 Å². The Balaban J connectivity index is 1.61. The molecule has 124 valence electrons. The van der Waals surface area contributed by atoms with Crippen LogP contribution in [0.25, 0.3) is 0 Å². The van der Waals surface area contributed by atoms with E-state index < -0.39 is 10.0 Å². The quantitative estimate of drug-likeness (QED) is 0.810. The third-order valence-electron chi connectivity index (χ3n) is 4.75. The van der Waals surface area contributed by atoms with Gasteiger partial charge in [-0.3, -0.25) is 9.58 Å². The predicted octanol–water partition coefficient (Wildman–Crippen LogP) is -0.194. The summed E-state index contributed by atoms with van der Waals surface area (Å²) in [5.41, 5.74) is 0.659. The number of nitrogens with zero attached hydrogens (tertiary/aromatic N) is 4. The average molecular weight is 328 g/mol. The lowest BCUT2D eigenvalue weighted by molar-refractivity contribution is 0.0782. The Hall–Kier alpha value is -0.960. The summed E-state index contributed by atoms with van der Waals surface area (Å²) in [6.07, 6.45) is 3.41. The van der Waals surface area contributed by atoms with Crippen molar-refractivity contribution in [1.29, 1.82) is 0 Å². The van der Waals surface area contributed by atoms with Crippen molar-refractivity contribution in [3.05, 3.63) is 11.9 Å². The first-order valence-corrected chi connectivity index (χ1v) is 9.23. The molecule has 1 unspecified atom stereocenters. The van der Waals surface area contributed by atoms with Gasteiger partial charge < -0.3 is 5.11 Å². The summed E-state index contributed by atoms with van der Waals surface area (Å²) in [5, 5.41) is 14.0. The largest absolute Gasteiger partial charge is 0.392 e. The number of hydrogen-bond donors (Lipinski definition) is 1. The highest BCUT2D eigenvalue weighted by Crippen LogP contribution is 2.33. The molecule has 0 aromatic carbocycles. The fourth-order valence-electron chi connectivity index (χ4n) is 2.92. The number of aromatic nitrogens is 2. The van der Waals surface area contributed by atoms with E-state index in [4.69, 9.17) is 0 Å². The van der Waals surface area contributed by atoms with Crippen molar-refractivity contribution in [2.24, 2.45) is 13.0 Å². The van der Waals surface area contributed by atoms with Crippen LogP contribution in [0.15, 0.2) is 11.1 Å². The molecular weight excluding hydrogens is 304 g/mol. The van der Waals surface area contributed by atoms with Crippen LogP contribution in [0.2, 0.25) is 0 Å². The van der Waals surface area contributed by atoms with Crippen LogP contribution in [0.4, 0.5) is 0 Å². The van der Waals surface area contributed by atoms with Gasteiger partial charge in [0.1, 0.15) is 4.90 Å². The molecule has 1 aliphatic heterocycles. The maximum atomic E-state index is 12.7. The van der Waals surface area contributed by atoms with Crippen LogP contribution >= 0.6 is 0 Å². The van der Waals surface area contributed by atoms with Gasteiger partial charge in [-0.25, -0.2) is 8.42 Å². The van der Waals surface area contributed by atoms with E-state index in [9.17, 15) is 13.5 Å². The molecule has 2 aliphatic rings. The Morgan fingerprint density at radius 1 is 1.32 bits per heavy atom. The second-order valence-electron chi connectivity index (χ2n) is 6.33. The molecule has 3 rings (SSSR count). The average Bonchev–Trinajstić information content (AvgIpc) is 3.27. The molecule has 22 heavy (non-hydrogen) atoms. The third-order valence-corrected chi connectivity index (χ3v) is 6.75. The first-order valence-electron chi connectivity index (χ1n) is 7.79. The van der Waals surface area contributed by atoms with Gasteiger partial charge in [0.25, 0.3) is 0 Å². The first-order chi connectivity index (χ1) is 10.4. The molecule has 8 heteroatoms. The molecule has 0 radical (unpaired) electrons. The zero-order valence-corrected chi connectivity index (χ0v) is 14.0. The number of piperazine rings is 1. The van der Waals surface area contributed by atoms with Gasteiger partial charge >= 0.3 is 0 Å². The number of aliphatic hydroxyl groups excluding tert-OH is 1. The lowest BCUT2D eigenvalue weighted by Crippen LogP contribution is -2.50. The van der Waals surface area contributed by atoms with Crippen molar-refractivity contribution in [2.45, 2.75) is 30.8 Å². The summed E-state index contributed by atoms with van der Waals surface area (Å²) in [4.78, 5) is 2.45. The number of β-amino-alcohol motifs (C(OH)–C–C–N with tert-alkyl or cyclic N) is 1. The Kier molecular flexibility index (Phi) is 4.28. The van der Waals surface area contributed by atoms with E-state index in [-0.39, 0.29) is 6.10 Å². The molecule has 1 aromatic rings. The molecule has 7 nitrogen and oxygen atoms in total. The topological polar surface area (TPSA) is 78.7 Å². The molecular formula is C14H24N4O3S. The van der Waals surface area contributed by atoms with Crippen LogP contribution < -0.4 is 0 Å². The monoisotopic (exact) mass is 328 g/mol. The highest BCUT2D eigenvalue weighted by atomic mass is 32.2. The maximum Gasteiger partial charge on any atom is 0.246 e. The summed E-state index contributed by atoms with van der Waals surface area (Å²) in [7, 11) is -1.73. The lowest BCUT2D eigenvalue weighted by atomic mass is 10.2. The van der Waals surface area contributed by atoms with Crippen LogP contribution in [-0.2, 0) is 17.1 Å². The van der Waals surface area contributed by atoms with Crippen molar-refractivity contribution in [3.8, 4) is 0 Å². The summed E-state index contributed by atoms with van der Waals surface area (Å²) in [6, 6.07) is 0. The Bertz CT molecular complexity index is 631. The van der Waals surface area contributed by atoms with Crippen molar-refractivity contribution in [1.82, 2.24) is 19.0 Å². The molecule has 1 saturated heterocycles. The lowest BCUT2D eigenvalue weighted by Gasteiger charge is -2.34. The normalized spacial score (nSPS) is 22.9. The Morgan fingerprint density at radius 2 is 1.95 bits per heavy atom. The van der Waals surface area contributed by atoms with Crippen LogP contribution in [0.3, 0.4) is 0 Å². The van der Waals surface area contributed by atoms with E-state index in [1.54, 1.807) is 18.7 Å². The number of hydrogen-bond acceptors (Lipinski definition) is 5. The Labute approximate surface area is 131 Å². The molecule has 1 saturated carbocycles. The number of aryl methyl sites for hydroxylation is 1. The standard InChI is InChI=1S/C14H24N4O3S/c1-11-14(9-15-16(11)2)22(20,21)18-7-5-17(6-8-18)10-13(19)12-3-4-12/h9,12-13,19H,3-8,10H2,1-2H3. The second kappa shape index (κ2) is 5.92. The smallest absolute Gasteiger partial charge is 0.246 e.